The van der Waals surface area contributed by atoms with Crippen LogP contribution in [0.2, 0.25) is 0 Å². The Balaban J connectivity index is 1.94. The number of nitro benzene ring substituents is 1. The van der Waals surface area contributed by atoms with Crippen LogP contribution in [0.15, 0.2) is 51.8 Å². The molecule has 0 heterocycles. The molecule has 0 aliphatic heterocycles. The van der Waals surface area contributed by atoms with E-state index in [0.717, 1.165) is 15.4 Å². The topological polar surface area (TPSA) is 92.5 Å². The molecule has 0 aliphatic rings. The summed E-state index contributed by atoms with van der Waals surface area (Å²) in [7, 11) is 0. The summed E-state index contributed by atoms with van der Waals surface area (Å²) in [5.41, 5.74) is -0.0910. The minimum atomic E-state index is -0.616. The molecule has 0 fully saturated rings. The number of hydrogen-bond donors (Lipinski definition) is 2. The number of hydrogen-bond acceptors (Lipinski definition) is 5. The minimum Gasteiger partial charge on any atom is -0.506 e. The standard InChI is InChI=1S/C14H11BrN2O4S/c15-9-1-4-11(5-2-9)22-8-14(19)16-12-6-3-10(17(20)21)7-13(12)18/h1-7,18H,8H2,(H,16,19). The maximum atomic E-state index is 11.8. The number of aromatic hydroxyl groups is 1. The van der Waals surface area contributed by atoms with Crippen molar-refractivity contribution in [3.05, 3.63) is 57.1 Å². The molecule has 0 unspecified atom stereocenters. The molecule has 2 aromatic carbocycles. The SMILES string of the molecule is O=C(CSc1ccc(Br)cc1)Nc1ccc([N+](=O)[O-])cc1O. The Labute approximate surface area is 138 Å². The summed E-state index contributed by atoms with van der Waals surface area (Å²) < 4.78 is 0.956. The first kappa shape index (κ1) is 16.3. The molecule has 2 N–H and O–H groups in total. The van der Waals surface area contributed by atoms with Crippen LogP contribution in [0.1, 0.15) is 0 Å². The summed E-state index contributed by atoms with van der Waals surface area (Å²) in [6.45, 7) is 0. The average molecular weight is 383 g/mol. The monoisotopic (exact) mass is 382 g/mol. The second kappa shape index (κ2) is 7.28. The number of nitrogens with one attached hydrogen (secondary N) is 1. The maximum absolute atomic E-state index is 11.8. The Hall–Kier alpha value is -2.06. The van der Waals surface area contributed by atoms with Gasteiger partial charge in [0.2, 0.25) is 5.91 Å². The highest BCUT2D eigenvalue weighted by Gasteiger charge is 2.12. The normalized spacial score (nSPS) is 10.2. The predicted octanol–water partition coefficient (Wildman–Crippen LogP) is 3.79. The molecule has 1 amide bonds. The van der Waals surface area contributed by atoms with E-state index in [4.69, 9.17) is 0 Å². The zero-order valence-corrected chi connectivity index (χ0v) is 13.6. The highest BCUT2D eigenvalue weighted by molar-refractivity contribution is 9.10. The Morgan fingerprint density at radius 1 is 1.27 bits per heavy atom. The first-order chi connectivity index (χ1) is 10.5. The van der Waals surface area contributed by atoms with E-state index < -0.39 is 4.92 Å². The van der Waals surface area contributed by atoms with E-state index in [1.54, 1.807) is 0 Å². The number of amides is 1. The molecular formula is C14H11BrN2O4S. The third kappa shape index (κ3) is 4.47. The van der Waals surface area contributed by atoms with E-state index >= 15 is 0 Å². The molecule has 0 atom stereocenters. The summed E-state index contributed by atoms with van der Waals surface area (Å²) in [6, 6.07) is 11.0. The molecule has 0 aromatic heterocycles. The van der Waals surface area contributed by atoms with Crippen molar-refractivity contribution in [2.75, 3.05) is 11.1 Å². The van der Waals surface area contributed by atoms with Crippen molar-refractivity contribution >= 4 is 45.0 Å². The fourth-order valence-electron chi connectivity index (χ4n) is 1.61. The van der Waals surface area contributed by atoms with E-state index in [9.17, 15) is 20.0 Å². The third-order valence-corrected chi connectivity index (χ3v) is 4.19. The van der Waals surface area contributed by atoms with Gasteiger partial charge < -0.3 is 10.4 Å². The van der Waals surface area contributed by atoms with Gasteiger partial charge in [-0.3, -0.25) is 14.9 Å². The lowest BCUT2D eigenvalue weighted by atomic mass is 10.2. The molecular weight excluding hydrogens is 372 g/mol. The number of nitro groups is 1. The number of phenols is 1. The highest BCUT2D eigenvalue weighted by Crippen LogP contribution is 2.28. The Morgan fingerprint density at radius 3 is 2.55 bits per heavy atom. The first-order valence-corrected chi connectivity index (χ1v) is 7.89. The van der Waals surface area contributed by atoms with Crippen LogP contribution in [0.3, 0.4) is 0 Å². The van der Waals surface area contributed by atoms with Crippen molar-refractivity contribution in [1.29, 1.82) is 0 Å². The number of thioether (sulfide) groups is 1. The highest BCUT2D eigenvalue weighted by atomic mass is 79.9. The molecule has 0 aliphatic carbocycles. The van der Waals surface area contributed by atoms with Crippen molar-refractivity contribution < 1.29 is 14.8 Å². The van der Waals surface area contributed by atoms with Crippen LogP contribution >= 0.6 is 27.7 Å². The zero-order valence-electron chi connectivity index (χ0n) is 11.2. The van der Waals surface area contributed by atoms with Gasteiger partial charge in [0.15, 0.2) is 0 Å². The van der Waals surface area contributed by atoms with Gasteiger partial charge in [0.05, 0.1) is 22.4 Å². The largest absolute Gasteiger partial charge is 0.506 e. The molecule has 22 heavy (non-hydrogen) atoms. The van der Waals surface area contributed by atoms with Crippen LogP contribution in [-0.4, -0.2) is 21.7 Å². The van der Waals surface area contributed by atoms with Gasteiger partial charge in [-0.1, -0.05) is 15.9 Å². The minimum absolute atomic E-state index is 0.145. The van der Waals surface area contributed by atoms with Gasteiger partial charge in [0.1, 0.15) is 5.75 Å². The van der Waals surface area contributed by atoms with Gasteiger partial charge in [-0.2, -0.15) is 0 Å². The molecule has 6 nitrogen and oxygen atoms in total. The molecule has 0 bridgehead atoms. The van der Waals surface area contributed by atoms with Crippen LogP contribution in [0.4, 0.5) is 11.4 Å². The van der Waals surface area contributed by atoms with Gasteiger partial charge >= 0.3 is 0 Å². The molecule has 0 saturated carbocycles. The van der Waals surface area contributed by atoms with Crippen molar-refractivity contribution in [2.45, 2.75) is 4.90 Å². The van der Waals surface area contributed by atoms with Crippen molar-refractivity contribution in [3.8, 4) is 5.75 Å². The Bertz CT molecular complexity index is 706. The van der Waals surface area contributed by atoms with Crippen LogP contribution in [0, 0.1) is 10.1 Å². The summed E-state index contributed by atoms with van der Waals surface area (Å²) in [6.07, 6.45) is 0. The average Bonchev–Trinajstić information content (AvgIpc) is 2.48. The van der Waals surface area contributed by atoms with Crippen LogP contribution < -0.4 is 5.32 Å². The van der Waals surface area contributed by atoms with E-state index in [2.05, 4.69) is 21.2 Å². The van der Waals surface area contributed by atoms with E-state index in [-0.39, 0.29) is 28.8 Å². The molecule has 0 radical (unpaired) electrons. The molecule has 2 rings (SSSR count). The molecule has 2 aromatic rings. The number of phenolic OH excluding ortho intramolecular Hbond substituents is 1. The maximum Gasteiger partial charge on any atom is 0.273 e. The quantitative estimate of drug-likeness (QED) is 0.355. The fraction of sp³-hybridized carbons (Fsp3) is 0.0714. The number of rotatable bonds is 5. The van der Waals surface area contributed by atoms with E-state index in [1.807, 2.05) is 24.3 Å². The molecule has 0 saturated heterocycles. The molecule has 114 valence electrons. The van der Waals surface area contributed by atoms with Crippen LogP contribution in [0.5, 0.6) is 5.75 Å². The number of non-ortho nitro benzene ring substituents is 1. The number of anilines is 1. The van der Waals surface area contributed by atoms with Gasteiger partial charge in [0, 0.05) is 15.4 Å². The Morgan fingerprint density at radius 2 is 1.95 bits per heavy atom. The number of carbonyl (C=O) groups excluding carboxylic acids is 1. The number of nitrogens with zero attached hydrogens (tertiary/aromatic N) is 1. The van der Waals surface area contributed by atoms with Gasteiger partial charge in [-0.25, -0.2) is 0 Å². The summed E-state index contributed by atoms with van der Waals surface area (Å²) in [5, 5.41) is 22.8. The zero-order chi connectivity index (χ0) is 16.1. The lowest BCUT2D eigenvalue weighted by Gasteiger charge is -2.07. The lowest BCUT2D eigenvalue weighted by molar-refractivity contribution is -0.384. The van der Waals surface area contributed by atoms with Gasteiger partial charge in [0.25, 0.3) is 5.69 Å². The second-order valence-corrected chi connectivity index (χ2v) is 6.21. The summed E-state index contributed by atoms with van der Waals surface area (Å²) >= 11 is 4.68. The fourth-order valence-corrected chi connectivity index (χ4v) is 2.57. The van der Waals surface area contributed by atoms with Crippen LogP contribution in [0.25, 0.3) is 0 Å². The van der Waals surface area contributed by atoms with E-state index in [1.165, 1.54) is 23.9 Å². The number of carbonyl (C=O) groups is 1. The first-order valence-electron chi connectivity index (χ1n) is 6.11. The smallest absolute Gasteiger partial charge is 0.273 e. The molecule has 8 heteroatoms. The second-order valence-electron chi connectivity index (χ2n) is 4.25. The van der Waals surface area contributed by atoms with Gasteiger partial charge in [-0.05, 0) is 30.3 Å². The number of benzene rings is 2. The summed E-state index contributed by atoms with van der Waals surface area (Å²) in [4.78, 5) is 22.7. The van der Waals surface area contributed by atoms with Crippen molar-refractivity contribution in [2.24, 2.45) is 0 Å². The van der Waals surface area contributed by atoms with Crippen molar-refractivity contribution in [1.82, 2.24) is 0 Å². The van der Waals surface area contributed by atoms with Crippen molar-refractivity contribution in [3.63, 3.8) is 0 Å². The predicted molar refractivity (Wildman–Crippen MR) is 88.3 cm³/mol. The lowest BCUT2D eigenvalue weighted by Crippen LogP contribution is -2.14. The van der Waals surface area contributed by atoms with E-state index in [0.29, 0.717) is 0 Å². The van der Waals surface area contributed by atoms with Crippen LogP contribution in [-0.2, 0) is 4.79 Å². The number of halogens is 1. The third-order valence-electron chi connectivity index (χ3n) is 2.65. The molecule has 0 spiro atoms. The Kier molecular flexibility index (Phi) is 5.40. The van der Waals surface area contributed by atoms with Gasteiger partial charge in [-0.15, -0.1) is 11.8 Å². The summed E-state index contributed by atoms with van der Waals surface area (Å²) in [5.74, 6) is -0.480.